The maximum Gasteiger partial charge on any atom is 0.0706 e. The maximum absolute atomic E-state index is 4.92. The van der Waals surface area contributed by atoms with Crippen molar-refractivity contribution in [2.24, 2.45) is 5.92 Å². The van der Waals surface area contributed by atoms with Gasteiger partial charge in [-0.1, -0.05) is 31.2 Å². The fraction of sp³-hybridized carbons (Fsp3) is 0.500. The van der Waals surface area contributed by atoms with E-state index in [0.29, 0.717) is 12.0 Å². The number of aromatic nitrogens is 1. The van der Waals surface area contributed by atoms with E-state index in [-0.39, 0.29) is 0 Å². The molecule has 0 amide bonds. The van der Waals surface area contributed by atoms with Crippen molar-refractivity contribution in [3.05, 3.63) is 42.1 Å². The lowest BCUT2D eigenvalue weighted by Crippen LogP contribution is -2.29. The highest BCUT2D eigenvalue weighted by atomic mass is 15.2. The first kappa shape index (κ1) is 14.5. The molecule has 112 valence electrons. The lowest BCUT2D eigenvalue weighted by molar-refractivity contribution is 0.267. The van der Waals surface area contributed by atoms with Crippen molar-refractivity contribution >= 4 is 10.9 Å². The first-order valence-electron chi connectivity index (χ1n) is 8.06. The maximum atomic E-state index is 4.92. The van der Waals surface area contributed by atoms with Gasteiger partial charge in [-0.05, 0) is 57.6 Å². The summed E-state index contributed by atoms with van der Waals surface area (Å²) in [4.78, 5) is 7.37. The second-order valence-corrected chi connectivity index (χ2v) is 6.11. The summed E-state index contributed by atoms with van der Waals surface area (Å²) in [5.74, 6) is 0.662. The summed E-state index contributed by atoms with van der Waals surface area (Å²) in [7, 11) is 2.22. The Morgan fingerprint density at radius 2 is 2.10 bits per heavy atom. The van der Waals surface area contributed by atoms with Crippen LogP contribution in [0.1, 0.15) is 31.5 Å². The lowest BCUT2D eigenvalue weighted by atomic mass is 9.96. The summed E-state index contributed by atoms with van der Waals surface area (Å²) in [5, 5.41) is 4.80. The lowest BCUT2D eigenvalue weighted by Gasteiger charge is -2.25. The van der Waals surface area contributed by atoms with Crippen molar-refractivity contribution in [1.82, 2.24) is 15.2 Å². The molecular formula is C18H25N3. The van der Waals surface area contributed by atoms with Crippen LogP contribution in [-0.2, 0) is 0 Å². The quantitative estimate of drug-likeness (QED) is 0.854. The summed E-state index contributed by atoms with van der Waals surface area (Å²) in [5.41, 5.74) is 2.33. The van der Waals surface area contributed by atoms with E-state index in [0.717, 1.165) is 25.2 Å². The third-order valence-electron chi connectivity index (χ3n) is 4.53. The first-order chi connectivity index (χ1) is 10.3. The van der Waals surface area contributed by atoms with Gasteiger partial charge < -0.3 is 5.32 Å². The molecule has 1 aromatic heterocycles. The predicted molar refractivity (Wildman–Crippen MR) is 88.4 cm³/mol. The molecule has 3 heteroatoms. The van der Waals surface area contributed by atoms with Crippen LogP contribution < -0.4 is 5.32 Å². The minimum atomic E-state index is 0.443. The Labute approximate surface area is 127 Å². The summed E-state index contributed by atoms with van der Waals surface area (Å²) >= 11 is 0. The van der Waals surface area contributed by atoms with E-state index in [1.54, 1.807) is 0 Å². The van der Waals surface area contributed by atoms with E-state index in [9.17, 15) is 0 Å². The molecule has 3 nitrogen and oxygen atoms in total. The van der Waals surface area contributed by atoms with Crippen LogP contribution in [0.5, 0.6) is 0 Å². The van der Waals surface area contributed by atoms with Gasteiger partial charge >= 0.3 is 0 Å². The van der Waals surface area contributed by atoms with Crippen LogP contribution in [0.4, 0.5) is 0 Å². The standard InChI is InChI=1S/C18H25N3/c1-3-11-19-13-15-10-12-21(2)18(15)17-9-8-14-6-4-5-7-16(14)20-17/h4-9,15,18-19H,3,10-13H2,1-2H3. The van der Waals surface area contributed by atoms with Gasteiger partial charge in [0.2, 0.25) is 0 Å². The van der Waals surface area contributed by atoms with Crippen LogP contribution in [0.2, 0.25) is 0 Å². The number of nitrogens with zero attached hydrogens (tertiary/aromatic N) is 2. The third-order valence-corrected chi connectivity index (χ3v) is 4.53. The Balaban J connectivity index is 1.83. The fourth-order valence-electron chi connectivity index (χ4n) is 3.42. The Morgan fingerprint density at radius 1 is 1.24 bits per heavy atom. The molecule has 1 N–H and O–H groups in total. The summed E-state index contributed by atoms with van der Waals surface area (Å²) in [6, 6.07) is 13.2. The number of hydrogen-bond acceptors (Lipinski definition) is 3. The van der Waals surface area contributed by atoms with Crippen LogP contribution in [0.25, 0.3) is 10.9 Å². The normalized spacial score (nSPS) is 23.0. The van der Waals surface area contributed by atoms with Gasteiger partial charge in [0.15, 0.2) is 0 Å². The molecule has 1 fully saturated rings. The van der Waals surface area contributed by atoms with Gasteiger partial charge in [-0.25, -0.2) is 0 Å². The predicted octanol–water partition coefficient (Wildman–Crippen LogP) is 3.23. The van der Waals surface area contributed by atoms with Crippen molar-refractivity contribution < 1.29 is 0 Å². The molecule has 0 bridgehead atoms. The number of likely N-dealkylation sites (tertiary alicyclic amines) is 1. The highest BCUT2D eigenvalue weighted by molar-refractivity contribution is 5.78. The number of nitrogens with one attached hydrogen (secondary N) is 1. The summed E-state index contributed by atoms with van der Waals surface area (Å²) in [6.45, 7) is 5.59. The Kier molecular flexibility index (Phi) is 4.51. The minimum Gasteiger partial charge on any atom is -0.316 e. The Hall–Kier alpha value is -1.45. The van der Waals surface area contributed by atoms with E-state index >= 15 is 0 Å². The number of fused-ring (bicyclic) bond motifs is 1. The van der Waals surface area contributed by atoms with Crippen molar-refractivity contribution in [2.75, 3.05) is 26.7 Å². The van der Waals surface area contributed by atoms with E-state index in [1.165, 1.54) is 23.9 Å². The molecule has 2 unspecified atom stereocenters. The van der Waals surface area contributed by atoms with Gasteiger partial charge in [0.1, 0.15) is 0 Å². The van der Waals surface area contributed by atoms with Gasteiger partial charge in [-0.2, -0.15) is 0 Å². The molecule has 2 heterocycles. The molecule has 2 aromatic rings. The van der Waals surface area contributed by atoms with E-state index in [2.05, 4.69) is 60.6 Å². The molecule has 21 heavy (non-hydrogen) atoms. The van der Waals surface area contributed by atoms with E-state index in [4.69, 9.17) is 4.98 Å². The van der Waals surface area contributed by atoms with Crippen LogP contribution in [0.15, 0.2) is 36.4 Å². The molecule has 1 aliphatic heterocycles. The largest absolute Gasteiger partial charge is 0.316 e. The SMILES string of the molecule is CCCNCC1CCN(C)C1c1ccc2ccccc2n1. The smallest absolute Gasteiger partial charge is 0.0706 e. The van der Waals surface area contributed by atoms with Gasteiger partial charge in [0, 0.05) is 5.39 Å². The number of rotatable bonds is 5. The molecule has 0 radical (unpaired) electrons. The molecule has 3 rings (SSSR count). The monoisotopic (exact) mass is 283 g/mol. The molecule has 1 aromatic carbocycles. The molecule has 1 aliphatic rings. The molecule has 0 saturated carbocycles. The zero-order valence-electron chi connectivity index (χ0n) is 13.0. The zero-order valence-corrected chi connectivity index (χ0v) is 13.0. The third kappa shape index (κ3) is 3.09. The Morgan fingerprint density at radius 3 is 2.95 bits per heavy atom. The Bertz CT molecular complexity index is 596. The van der Waals surface area contributed by atoms with Crippen molar-refractivity contribution in [3.63, 3.8) is 0 Å². The van der Waals surface area contributed by atoms with Crippen LogP contribution in [-0.4, -0.2) is 36.6 Å². The van der Waals surface area contributed by atoms with Gasteiger partial charge in [0.25, 0.3) is 0 Å². The van der Waals surface area contributed by atoms with Crippen molar-refractivity contribution in [1.29, 1.82) is 0 Å². The minimum absolute atomic E-state index is 0.443. The topological polar surface area (TPSA) is 28.2 Å². The average molecular weight is 283 g/mol. The average Bonchev–Trinajstić information content (AvgIpc) is 2.88. The number of hydrogen-bond donors (Lipinski definition) is 1. The number of para-hydroxylation sites is 1. The van der Waals surface area contributed by atoms with Crippen LogP contribution >= 0.6 is 0 Å². The van der Waals surface area contributed by atoms with Gasteiger partial charge in [0.05, 0.1) is 17.3 Å². The number of benzene rings is 1. The van der Waals surface area contributed by atoms with Crippen LogP contribution in [0, 0.1) is 5.92 Å². The summed E-state index contributed by atoms with van der Waals surface area (Å²) in [6.07, 6.45) is 2.45. The summed E-state index contributed by atoms with van der Waals surface area (Å²) < 4.78 is 0. The van der Waals surface area contributed by atoms with E-state index in [1.807, 2.05) is 0 Å². The fourth-order valence-corrected chi connectivity index (χ4v) is 3.42. The van der Waals surface area contributed by atoms with Crippen molar-refractivity contribution in [3.8, 4) is 0 Å². The second-order valence-electron chi connectivity index (χ2n) is 6.11. The second kappa shape index (κ2) is 6.54. The first-order valence-corrected chi connectivity index (χ1v) is 8.06. The van der Waals surface area contributed by atoms with E-state index < -0.39 is 0 Å². The van der Waals surface area contributed by atoms with Gasteiger partial charge in [-0.15, -0.1) is 0 Å². The highest BCUT2D eigenvalue weighted by Crippen LogP contribution is 2.35. The molecule has 1 saturated heterocycles. The number of pyridine rings is 1. The highest BCUT2D eigenvalue weighted by Gasteiger charge is 2.33. The molecule has 0 spiro atoms. The zero-order chi connectivity index (χ0) is 14.7. The molecule has 0 aliphatic carbocycles. The van der Waals surface area contributed by atoms with Gasteiger partial charge in [-0.3, -0.25) is 9.88 Å². The molecular weight excluding hydrogens is 258 g/mol. The van der Waals surface area contributed by atoms with Crippen molar-refractivity contribution in [2.45, 2.75) is 25.8 Å². The van der Waals surface area contributed by atoms with Crippen LogP contribution in [0.3, 0.4) is 0 Å². The molecule has 2 atom stereocenters.